The van der Waals surface area contributed by atoms with Gasteiger partial charge in [0.25, 0.3) is 0 Å². The van der Waals surface area contributed by atoms with Crippen molar-refractivity contribution in [2.75, 3.05) is 27.2 Å². The molecule has 0 fully saturated rings. The number of hydrogen-bond donors (Lipinski definition) is 0. The van der Waals surface area contributed by atoms with E-state index in [0.717, 1.165) is 64.3 Å². The van der Waals surface area contributed by atoms with Crippen LogP contribution < -0.4 is 0 Å². The van der Waals surface area contributed by atoms with Gasteiger partial charge in [-0.3, -0.25) is 4.79 Å². The van der Waals surface area contributed by atoms with Crippen molar-refractivity contribution in [3.63, 3.8) is 0 Å². The quantitative estimate of drug-likeness (QED) is 0.0467. The van der Waals surface area contributed by atoms with E-state index >= 15 is 0 Å². The number of allylic oxidation sites excluding steroid dienone is 1. The van der Waals surface area contributed by atoms with E-state index in [-0.39, 0.29) is 18.2 Å². The van der Waals surface area contributed by atoms with Crippen LogP contribution in [0.15, 0.2) is 12.2 Å². The summed E-state index contributed by atoms with van der Waals surface area (Å²) in [6, 6.07) is 0. The summed E-state index contributed by atoms with van der Waals surface area (Å²) in [5, 5.41) is 0. The van der Waals surface area contributed by atoms with Gasteiger partial charge in [0, 0.05) is 19.9 Å². The highest BCUT2D eigenvalue weighted by Gasteiger charge is 2.15. The van der Waals surface area contributed by atoms with Gasteiger partial charge in [-0.25, -0.2) is 4.79 Å². The minimum Gasteiger partial charge on any atom is -0.462 e. The maximum absolute atomic E-state index is 12.3. The molecule has 0 spiro atoms. The molecule has 0 aromatic carbocycles. The smallest absolute Gasteiger partial charge is 0.462 e. The third-order valence-electron chi connectivity index (χ3n) is 7.79. The third kappa shape index (κ3) is 29.9. The first kappa shape index (κ1) is 40.4. The molecule has 0 amide bonds. The van der Waals surface area contributed by atoms with Gasteiger partial charge in [0.15, 0.2) is 0 Å². The molecule has 0 aromatic heterocycles. The highest BCUT2D eigenvalue weighted by molar-refractivity contribution is 5.66. The molecule has 0 heterocycles. The van der Waals surface area contributed by atoms with Gasteiger partial charge in [0.05, 0.1) is 6.61 Å². The molecule has 0 rings (SSSR count). The SMILES string of the molecule is CCCCCCCCCC[C@H](CCCCCCC/C=C\C[C@@H](CCCCCC)OC(C)=O)OC(=O)OCCCN(C)C. The molecule has 0 aliphatic rings. The van der Waals surface area contributed by atoms with Crippen molar-refractivity contribution in [1.82, 2.24) is 4.90 Å². The second-order valence-electron chi connectivity index (χ2n) is 12.4. The fourth-order valence-corrected chi connectivity index (χ4v) is 5.26. The second-order valence-corrected chi connectivity index (χ2v) is 12.4. The minimum atomic E-state index is -0.498. The molecule has 6 heteroatoms. The predicted octanol–water partition coefficient (Wildman–Crippen LogP) is 10.6. The van der Waals surface area contributed by atoms with Crippen LogP contribution in [0.1, 0.15) is 168 Å². The maximum Gasteiger partial charge on any atom is 0.508 e. The summed E-state index contributed by atoms with van der Waals surface area (Å²) in [7, 11) is 4.04. The molecule has 0 bridgehead atoms. The first-order valence-electron chi connectivity index (χ1n) is 17.7. The number of esters is 1. The highest BCUT2D eigenvalue weighted by Crippen LogP contribution is 2.18. The summed E-state index contributed by atoms with van der Waals surface area (Å²) in [6.07, 6.45) is 30.5. The largest absolute Gasteiger partial charge is 0.508 e. The summed E-state index contributed by atoms with van der Waals surface area (Å²) in [6.45, 7) is 7.29. The number of carbonyl (C=O) groups is 2. The molecule has 0 aromatic rings. The van der Waals surface area contributed by atoms with Crippen molar-refractivity contribution >= 4 is 12.1 Å². The number of rotatable bonds is 30. The minimum absolute atomic E-state index is 0.0203. The van der Waals surface area contributed by atoms with Crippen LogP contribution in [-0.2, 0) is 19.0 Å². The summed E-state index contributed by atoms with van der Waals surface area (Å²) in [5.41, 5.74) is 0. The number of carbonyl (C=O) groups excluding carboxylic acids is 2. The van der Waals surface area contributed by atoms with Crippen LogP contribution >= 0.6 is 0 Å². The van der Waals surface area contributed by atoms with E-state index in [9.17, 15) is 9.59 Å². The average Bonchev–Trinajstić information content (AvgIpc) is 2.95. The normalized spacial score (nSPS) is 13.0. The van der Waals surface area contributed by atoms with E-state index in [1.807, 2.05) is 14.1 Å². The van der Waals surface area contributed by atoms with Gasteiger partial charge in [-0.1, -0.05) is 109 Å². The summed E-state index contributed by atoms with van der Waals surface area (Å²) >= 11 is 0. The molecule has 2 atom stereocenters. The van der Waals surface area contributed by atoms with Gasteiger partial charge in [-0.15, -0.1) is 0 Å². The Labute approximate surface area is 260 Å². The molecule has 0 radical (unpaired) electrons. The molecule has 6 nitrogen and oxygen atoms in total. The van der Waals surface area contributed by atoms with E-state index in [1.165, 1.54) is 96.8 Å². The van der Waals surface area contributed by atoms with E-state index < -0.39 is 6.16 Å². The van der Waals surface area contributed by atoms with Crippen molar-refractivity contribution in [1.29, 1.82) is 0 Å². The zero-order chi connectivity index (χ0) is 31.1. The van der Waals surface area contributed by atoms with Gasteiger partial charge in [0.1, 0.15) is 12.2 Å². The molecule has 0 N–H and O–H groups in total. The van der Waals surface area contributed by atoms with Crippen LogP contribution in [0.2, 0.25) is 0 Å². The van der Waals surface area contributed by atoms with E-state index in [1.54, 1.807) is 0 Å². The molecule has 0 aliphatic heterocycles. The number of ether oxygens (including phenoxy) is 3. The number of nitrogens with zero attached hydrogens (tertiary/aromatic N) is 1. The highest BCUT2D eigenvalue weighted by atomic mass is 16.7. The molecule has 0 unspecified atom stereocenters. The van der Waals surface area contributed by atoms with Gasteiger partial charge >= 0.3 is 12.1 Å². The Balaban J connectivity index is 4.21. The molecule has 0 saturated heterocycles. The molecular weight excluding hydrogens is 526 g/mol. The molecule has 0 aliphatic carbocycles. The monoisotopic (exact) mass is 596 g/mol. The standard InChI is InChI=1S/C36H69NO5/c1-6-8-10-12-13-16-20-24-29-35(42-36(39)40-32-26-31-37(4)5)30-25-21-18-15-14-17-19-23-28-34(41-33(3)38)27-22-11-9-7-2/h19,23,34-35H,6-18,20-22,24-32H2,1-5H3/b23-19-/t34-,35-/m1/s1. The van der Waals surface area contributed by atoms with Crippen molar-refractivity contribution < 1.29 is 23.8 Å². The lowest BCUT2D eigenvalue weighted by Crippen LogP contribution is -2.21. The van der Waals surface area contributed by atoms with Crippen LogP contribution in [0, 0.1) is 0 Å². The first-order valence-corrected chi connectivity index (χ1v) is 17.7. The number of hydrogen-bond acceptors (Lipinski definition) is 6. The van der Waals surface area contributed by atoms with Gasteiger partial charge in [-0.2, -0.15) is 0 Å². The maximum atomic E-state index is 12.3. The predicted molar refractivity (Wildman–Crippen MR) is 177 cm³/mol. The average molecular weight is 596 g/mol. The number of unbranched alkanes of at least 4 members (excludes halogenated alkanes) is 15. The summed E-state index contributed by atoms with van der Waals surface area (Å²) < 4.78 is 16.6. The lowest BCUT2D eigenvalue weighted by atomic mass is 10.0. The van der Waals surface area contributed by atoms with Crippen LogP contribution in [0.4, 0.5) is 4.79 Å². The zero-order valence-electron chi connectivity index (χ0n) is 28.5. The Bertz CT molecular complexity index is 636. The van der Waals surface area contributed by atoms with Gasteiger partial charge in [0.2, 0.25) is 0 Å². The molecular formula is C36H69NO5. The molecule has 42 heavy (non-hydrogen) atoms. The van der Waals surface area contributed by atoms with Gasteiger partial charge < -0.3 is 19.1 Å². The third-order valence-corrected chi connectivity index (χ3v) is 7.79. The molecule has 0 saturated carbocycles. The zero-order valence-corrected chi connectivity index (χ0v) is 28.5. The first-order chi connectivity index (χ1) is 20.4. The molecule has 248 valence electrons. The second kappa shape index (κ2) is 30.9. The van der Waals surface area contributed by atoms with E-state index in [2.05, 4.69) is 30.9 Å². The lowest BCUT2D eigenvalue weighted by Gasteiger charge is -2.18. The fraction of sp³-hybridized carbons (Fsp3) is 0.889. The lowest BCUT2D eigenvalue weighted by molar-refractivity contribution is -0.146. The van der Waals surface area contributed by atoms with Crippen LogP contribution in [0.3, 0.4) is 0 Å². The summed E-state index contributed by atoms with van der Waals surface area (Å²) in [4.78, 5) is 25.8. The Morgan fingerprint density at radius 3 is 1.67 bits per heavy atom. The van der Waals surface area contributed by atoms with Crippen molar-refractivity contribution in [3.05, 3.63) is 12.2 Å². The Morgan fingerprint density at radius 2 is 1.12 bits per heavy atom. The van der Waals surface area contributed by atoms with Crippen LogP contribution in [-0.4, -0.2) is 56.5 Å². The van der Waals surface area contributed by atoms with E-state index in [4.69, 9.17) is 14.2 Å². The van der Waals surface area contributed by atoms with Crippen molar-refractivity contribution in [2.45, 2.75) is 181 Å². The van der Waals surface area contributed by atoms with Gasteiger partial charge in [-0.05, 0) is 71.9 Å². The summed E-state index contributed by atoms with van der Waals surface area (Å²) in [5.74, 6) is -0.175. The van der Waals surface area contributed by atoms with E-state index in [0.29, 0.717) is 6.61 Å². The topological polar surface area (TPSA) is 65.1 Å². The van der Waals surface area contributed by atoms with Crippen molar-refractivity contribution in [3.8, 4) is 0 Å². The Morgan fingerprint density at radius 1 is 0.619 bits per heavy atom. The van der Waals surface area contributed by atoms with Crippen molar-refractivity contribution in [2.24, 2.45) is 0 Å². The Kier molecular flexibility index (Phi) is 29.7. The van der Waals surface area contributed by atoms with Crippen LogP contribution in [0.25, 0.3) is 0 Å². The van der Waals surface area contributed by atoms with Crippen LogP contribution in [0.5, 0.6) is 0 Å². The fourth-order valence-electron chi connectivity index (χ4n) is 5.26. The Hall–Kier alpha value is -1.56.